The Hall–Kier alpha value is -2.87. The van der Waals surface area contributed by atoms with Crippen LogP contribution in [0.15, 0.2) is 53.4 Å². The lowest BCUT2D eigenvalue weighted by atomic mass is 10.00. The van der Waals surface area contributed by atoms with E-state index < -0.39 is 16.0 Å². The Morgan fingerprint density at radius 2 is 1.88 bits per heavy atom. The number of para-hydroxylation sites is 1. The normalized spacial score (nSPS) is 18.3. The van der Waals surface area contributed by atoms with Gasteiger partial charge in [-0.05, 0) is 61.9 Å². The van der Waals surface area contributed by atoms with Crippen molar-refractivity contribution in [1.29, 1.82) is 0 Å². The van der Waals surface area contributed by atoms with E-state index in [9.17, 15) is 18.0 Å². The van der Waals surface area contributed by atoms with Crippen LogP contribution >= 0.6 is 0 Å². The molecule has 2 aromatic carbocycles. The zero-order valence-corrected chi connectivity index (χ0v) is 19.0. The Labute approximate surface area is 189 Å². The number of hydrogen-bond donors (Lipinski definition) is 0. The molecule has 170 valence electrons. The van der Waals surface area contributed by atoms with Gasteiger partial charge in [0.05, 0.1) is 16.1 Å². The average molecular weight is 457 g/mol. The van der Waals surface area contributed by atoms with Crippen LogP contribution in [-0.4, -0.2) is 50.9 Å². The predicted octanol–water partition coefficient (Wildman–Crippen LogP) is 3.39. The molecule has 0 aliphatic carbocycles. The Morgan fingerprint density at radius 1 is 1.06 bits per heavy atom. The Bertz CT molecular complexity index is 1110. The SMILES string of the molecule is CCC1CCCCN1C(=O)COC(=O)c1cccc(S(=O)(=O)N2CCc3ccccc32)c1. The van der Waals surface area contributed by atoms with Crippen LogP contribution in [-0.2, 0) is 26.0 Å². The summed E-state index contributed by atoms with van der Waals surface area (Å²) in [6.45, 7) is 2.75. The fraction of sp³-hybridized carbons (Fsp3) is 0.417. The first-order valence-corrected chi connectivity index (χ1v) is 12.5. The van der Waals surface area contributed by atoms with E-state index in [0.717, 1.165) is 31.2 Å². The summed E-state index contributed by atoms with van der Waals surface area (Å²) in [6.07, 6.45) is 4.55. The number of carbonyl (C=O) groups excluding carboxylic acids is 2. The standard InChI is InChI=1S/C24H28N2O5S/c1-2-20-10-5-6-14-25(20)23(27)17-31-24(28)19-9-7-11-21(16-19)32(29,30)26-15-13-18-8-3-4-12-22(18)26/h3-4,7-9,11-12,16,20H,2,5-6,10,13-15,17H2,1H3. The summed E-state index contributed by atoms with van der Waals surface area (Å²) < 4.78 is 33.1. The van der Waals surface area contributed by atoms with Crippen molar-refractivity contribution in [2.75, 3.05) is 24.0 Å². The molecule has 1 atom stereocenters. The zero-order chi connectivity index (χ0) is 22.7. The van der Waals surface area contributed by atoms with Gasteiger partial charge in [-0.15, -0.1) is 0 Å². The van der Waals surface area contributed by atoms with E-state index in [1.54, 1.807) is 11.0 Å². The number of rotatable bonds is 6. The van der Waals surface area contributed by atoms with Gasteiger partial charge in [0.15, 0.2) is 6.61 Å². The van der Waals surface area contributed by atoms with Crippen molar-refractivity contribution in [2.45, 2.75) is 50.0 Å². The van der Waals surface area contributed by atoms with E-state index in [4.69, 9.17) is 4.74 Å². The summed E-state index contributed by atoms with van der Waals surface area (Å²) in [6, 6.07) is 13.4. The highest BCUT2D eigenvalue weighted by Gasteiger charge is 2.31. The zero-order valence-electron chi connectivity index (χ0n) is 18.2. The Morgan fingerprint density at radius 3 is 2.69 bits per heavy atom. The highest BCUT2D eigenvalue weighted by Crippen LogP contribution is 2.32. The van der Waals surface area contributed by atoms with Gasteiger partial charge in [-0.3, -0.25) is 9.10 Å². The molecule has 0 saturated carbocycles. The molecule has 1 amide bonds. The van der Waals surface area contributed by atoms with Crippen molar-refractivity contribution >= 4 is 27.6 Å². The number of carbonyl (C=O) groups is 2. The Kier molecular flexibility index (Phi) is 6.50. The number of ether oxygens (including phenoxy) is 1. The second kappa shape index (κ2) is 9.32. The van der Waals surface area contributed by atoms with E-state index in [2.05, 4.69) is 0 Å². The first-order chi connectivity index (χ1) is 15.4. The number of amides is 1. The summed E-state index contributed by atoms with van der Waals surface area (Å²) in [5.74, 6) is -0.912. The van der Waals surface area contributed by atoms with Crippen LogP contribution in [0.2, 0.25) is 0 Å². The maximum atomic E-state index is 13.2. The van der Waals surface area contributed by atoms with Crippen LogP contribution < -0.4 is 4.31 Å². The number of likely N-dealkylation sites (tertiary alicyclic amines) is 1. The lowest BCUT2D eigenvalue weighted by Crippen LogP contribution is -2.45. The smallest absolute Gasteiger partial charge is 0.338 e. The first-order valence-electron chi connectivity index (χ1n) is 11.1. The van der Waals surface area contributed by atoms with Crippen molar-refractivity contribution in [3.63, 3.8) is 0 Å². The molecule has 2 aromatic rings. The average Bonchev–Trinajstić information content (AvgIpc) is 3.27. The van der Waals surface area contributed by atoms with Crippen molar-refractivity contribution in [2.24, 2.45) is 0 Å². The van der Waals surface area contributed by atoms with Crippen LogP contribution in [0.5, 0.6) is 0 Å². The maximum Gasteiger partial charge on any atom is 0.338 e. The van der Waals surface area contributed by atoms with Gasteiger partial charge < -0.3 is 9.64 Å². The first kappa shape index (κ1) is 22.3. The van der Waals surface area contributed by atoms with Gasteiger partial charge in [0.2, 0.25) is 0 Å². The third-order valence-corrected chi connectivity index (χ3v) is 8.06. The van der Waals surface area contributed by atoms with Gasteiger partial charge in [0.1, 0.15) is 0 Å². The summed E-state index contributed by atoms with van der Waals surface area (Å²) in [4.78, 5) is 27.0. The largest absolute Gasteiger partial charge is 0.452 e. The Balaban J connectivity index is 1.46. The fourth-order valence-electron chi connectivity index (χ4n) is 4.52. The number of benzene rings is 2. The van der Waals surface area contributed by atoms with Gasteiger partial charge in [-0.2, -0.15) is 0 Å². The molecule has 7 nitrogen and oxygen atoms in total. The minimum Gasteiger partial charge on any atom is -0.452 e. The number of fused-ring (bicyclic) bond motifs is 1. The molecule has 4 rings (SSSR count). The van der Waals surface area contributed by atoms with Crippen molar-refractivity contribution in [1.82, 2.24) is 4.90 Å². The minimum atomic E-state index is -3.82. The van der Waals surface area contributed by atoms with Gasteiger partial charge >= 0.3 is 5.97 Å². The predicted molar refractivity (Wildman–Crippen MR) is 121 cm³/mol. The number of sulfonamides is 1. The molecule has 2 aliphatic heterocycles. The van der Waals surface area contributed by atoms with E-state index in [1.807, 2.05) is 25.1 Å². The number of esters is 1. The van der Waals surface area contributed by atoms with Crippen LogP contribution in [0.3, 0.4) is 0 Å². The summed E-state index contributed by atoms with van der Waals surface area (Å²) in [5, 5.41) is 0. The van der Waals surface area contributed by atoms with Crippen molar-refractivity contribution < 1.29 is 22.7 Å². The highest BCUT2D eigenvalue weighted by molar-refractivity contribution is 7.92. The summed E-state index contributed by atoms with van der Waals surface area (Å²) in [7, 11) is -3.82. The molecule has 1 fully saturated rings. The van der Waals surface area contributed by atoms with Gasteiger partial charge in [-0.1, -0.05) is 31.2 Å². The lowest BCUT2D eigenvalue weighted by molar-refractivity contribution is -0.138. The highest BCUT2D eigenvalue weighted by atomic mass is 32.2. The molecule has 0 bridgehead atoms. The van der Waals surface area contributed by atoms with Crippen LogP contribution in [0.4, 0.5) is 5.69 Å². The minimum absolute atomic E-state index is 0.0251. The molecular formula is C24H28N2O5S. The molecular weight excluding hydrogens is 428 g/mol. The number of hydrogen-bond acceptors (Lipinski definition) is 5. The maximum absolute atomic E-state index is 13.2. The molecule has 2 heterocycles. The molecule has 0 spiro atoms. The third kappa shape index (κ3) is 4.37. The van der Waals surface area contributed by atoms with Gasteiger partial charge in [-0.25, -0.2) is 13.2 Å². The van der Waals surface area contributed by atoms with Crippen LogP contribution in [0.25, 0.3) is 0 Å². The van der Waals surface area contributed by atoms with E-state index >= 15 is 0 Å². The summed E-state index contributed by atoms with van der Waals surface area (Å²) >= 11 is 0. The van der Waals surface area contributed by atoms with Gasteiger partial charge in [0, 0.05) is 19.1 Å². The number of nitrogens with zero attached hydrogens (tertiary/aromatic N) is 2. The fourth-order valence-corrected chi connectivity index (χ4v) is 6.06. The lowest BCUT2D eigenvalue weighted by Gasteiger charge is -2.35. The number of anilines is 1. The number of piperidine rings is 1. The molecule has 1 saturated heterocycles. The van der Waals surface area contributed by atoms with E-state index in [1.165, 1.54) is 28.6 Å². The molecule has 0 aromatic heterocycles. The van der Waals surface area contributed by atoms with Gasteiger partial charge in [0.25, 0.3) is 15.9 Å². The van der Waals surface area contributed by atoms with Crippen LogP contribution in [0, 0.1) is 0 Å². The monoisotopic (exact) mass is 456 g/mol. The molecule has 1 unspecified atom stereocenters. The van der Waals surface area contributed by atoms with E-state index in [0.29, 0.717) is 25.2 Å². The second-order valence-electron chi connectivity index (χ2n) is 8.20. The molecule has 8 heteroatoms. The molecule has 32 heavy (non-hydrogen) atoms. The van der Waals surface area contributed by atoms with Crippen molar-refractivity contribution in [3.8, 4) is 0 Å². The molecule has 0 radical (unpaired) electrons. The van der Waals surface area contributed by atoms with E-state index in [-0.39, 0.29) is 29.0 Å². The van der Waals surface area contributed by atoms with Crippen LogP contribution in [0.1, 0.15) is 48.5 Å². The quantitative estimate of drug-likeness (QED) is 0.622. The third-order valence-electron chi connectivity index (χ3n) is 6.25. The van der Waals surface area contributed by atoms with Crippen molar-refractivity contribution in [3.05, 3.63) is 59.7 Å². The second-order valence-corrected chi connectivity index (χ2v) is 10.1. The molecule has 0 N–H and O–H groups in total. The summed E-state index contributed by atoms with van der Waals surface area (Å²) in [5.41, 5.74) is 1.75. The topological polar surface area (TPSA) is 84.0 Å². The molecule has 2 aliphatic rings.